The number of rotatable bonds is 8. The van der Waals surface area contributed by atoms with E-state index in [-0.39, 0.29) is 5.56 Å². The molecule has 0 amide bonds. The molecule has 0 aromatic heterocycles. The third kappa shape index (κ3) is 5.47. The van der Waals surface area contributed by atoms with Crippen LogP contribution in [0.2, 0.25) is 0 Å². The predicted octanol–water partition coefficient (Wildman–Crippen LogP) is 3.04. The minimum absolute atomic E-state index is 0.260. The first-order valence-electron chi connectivity index (χ1n) is 6.59. The molecule has 108 valence electrons. The highest BCUT2D eigenvalue weighted by Gasteiger charge is 2.12. The van der Waals surface area contributed by atoms with Gasteiger partial charge in [0.25, 0.3) is 0 Å². The monoisotopic (exact) mass is 288 g/mol. The molecule has 0 saturated heterocycles. The summed E-state index contributed by atoms with van der Waals surface area (Å²) >= 11 is 1.67. The normalized spacial score (nSPS) is 12.9. The predicted molar refractivity (Wildman–Crippen MR) is 78.4 cm³/mol. The van der Waals surface area contributed by atoms with E-state index in [1.165, 1.54) is 6.07 Å². The van der Waals surface area contributed by atoms with Crippen molar-refractivity contribution in [2.24, 2.45) is 5.73 Å². The fraction of sp³-hybridized carbons (Fsp3) is 0.571. The molecule has 0 fully saturated rings. The van der Waals surface area contributed by atoms with Crippen molar-refractivity contribution in [3.8, 4) is 0 Å². The van der Waals surface area contributed by atoms with E-state index in [1.807, 2.05) is 0 Å². The SMILES string of the molecule is CCN(CC)CCSCC(N)c1cc(F)ccc1F. The number of hydrogen-bond donors (Lipinski definition) is 1. The fourth-order valence-corrected chi connectivity index (χ4v) is 2.82. The van der Waals surface area contributed by atoms with Crippen molar-refractivity contribution in [3.63, 3.8) is 0 Å². The van der Waals surface area contributed by atoms with E-state index < -0.39 is 17.7 Å². The lowest BCUT2D eigenvalue weighted by atomic mass is 10.1. The van der Waals surface area contributed by atoms with Crippen LogP contribution in [0.1, 0.15) is 25.5 Å². The van der Waals surface area contributed by atoms with Crippen LogP contribution >= 0.6 is 11.8 Å². The summed E-state index contributed by atoms with van der Waals surface area (Å²) in [4.78, 5) is 2.32. The first-order valence-corrected chi connectivity index (χ1v) is 7.74. The molecule has 2 N–H and O–H groups in total. The standard InChI is InChI=1S/C14H22F2N2S/c1-3-18(4-2)7-8-19-10-14(17)12-9-11(15)5-6-13(12)16/h5-6,9,14H,3-4,7-8,10,17H2,1-2H3. The minimum atomic E-state index is -0.461. The van der Waals surface area contributed by atoms with E-state index in [2.05, 4.69) is 18.7 Å². The average Bonchev–Trinajstić information content (AvgIpc) is 2.41. The summed E-state index contributed by atoms with van der Waals surface area (Å²) in [5.41, 5.74) is 6.17. The Kier molecular flexibility index (Phi) is 7.34. The molecule has 0 spiro atoms. The summed E-state index contributed by atoms with van der Waals surface area (Å²) < 4.78 is 26.6. The molecule has 0 saturated carbocycles. The highest BCUT2D eigenvalue weighted by Crippen LogP contribution is 2.20. The summed E-state index contributed by atoms with van der Waals surface area (Å²) in [5, 5.41) is 0. The molecule has 0 bridgehead atoms. The van der Waals surface area contributed by atoms with Gasteiger partial charge in [0.1, 0.15) is 11.6 Å². The van der Waals surface area contributed by atoms with Crippen LogP contribution in [0.25, 0.3) is 0 Å². The number of thioether (sulfide) groups is 1. The fourth-order valence-electron chi connectivity index (χ4n) is 1.83. The Morgan fingerprint density at radius 2 is 1.95 bits per heavy atom. The second kappa shape index (κ2) is 8.51. The zero-order valence-corrected chi connectivity index (χ0v) is 12.4. The van der Waals surface area contributed by atoms with E-state index in [0.717, 1.165) is 37.5 Å². The first kappa shape index (κ1) is 16.4. The Hall–Kier alpha value is -0.650. The first-order chi connectivity index (χ1) is 9.08. The number of halogens is 2. The molecule has 1 unspecified atom stereocenters. The second-order valence-corrected chi connectivity index (χ2v) is 5.52. The Morgan fingerprint density at radius 3 is 2.58 bits per heavy atom. The van der Waals surface area contributed by atoms with Gasteiger partial charge in [0.2, 0.25) is 0 Å². The summed E-state index contributed by atoms with van der Waals surface area (Å²) in [6.45, 7) is 7.31. The van der Waals surface area contributed by atoms with Gasteiger partial charge in [-0.25, -0.2) is 8.78 Å². The lowest BCUT2D eigenvalue weighted by Gasteiger charge is -2.18. The third-order valence-corrected chi connectivity index (χ3v) is 4.17. The maximum Gasteiger partial charge on any atom is 0.128 e. The van der Waals surface area contributed by atoms with Crippen molar-refractivity contribution in [1.29, 1.82) is 0 Å². The van der Waals surface area contributed by atoms with Crippen LogP contribution < -0.4 is 5.73 Å². The summed E-state index contributed by atoms with van der Waals surface area (Å²) in [7, 11) is 0. The van der Waals surface area contributed by atoms with Gasteiger partial charge >= 0.3 is 0 Å². The lowest BCUT2D eigenvalue weighted by molar-refractivity contribution is 0.324. The van der Waals surface area contributed by atoms with E-state index in [9.17, 15) is 8.78 Å². The molecule has 0 heterocycles. The molecule has 5 heteroatoms. The lowest BCUT2D eigenvalue weighted by Crippen LogP contribution is -2.26. The number of nitrogens with two attached hydrogens (primary N) is 1. The van der Waals surface area contributed by atoms with Crippen LogP contribution in [0.3, 0.4) is 0 Å². The maximum absolute atomic E-state index is 13.5. The van der Waals surface area contributed by atoms with Gasteiger partial charge in [-0.05, 0) is 31.3 Å². The van der Waals surface area contributed by atoms with E-state index in [1.54, 1.807) is 11.8 Å². The Balaban J connectivity index is 2.39. The van der Waals surface area contributed by atoms with Crippen LogP contribution in [-0.4, -0.2) is 36.0 Å². The topological polar surface area (TPSA) is 29.3 Å². The van der Waals surface area contributed by atoms with Crippen molar-refractivity contribution in [2.75, 3.05) is 31.1 Å². The van der Waals surface area contributed by atoms with E-state index >= 15 is 0 Å². The second-order valence-electron chi connectivity index (χ2n) is 4.37. The van der Waals surface area contributed by atoms with Crippen LogP contribution in [0.4, 0.5) is 8.78 Å². The van der Waals surface area contributed by atoms with Gasteiger partial charge in [-0.1, -0.05) is 13.8 Å². The third-order valence-electron chi connectivity index (χ3n) is 3.10. The highest BCUT2D eigenvalue weighted by molar-refractivity contribution is 7.99. The van der Waals surface area contributed by atoms with Gasteiger partial charge in [0.05, 0.1) is 0 Å². The van der Waals surface area contributed by atoms with Crippen LogP contribution in [0.15, 0.2) is 18.2 Å². The molecule has 1 aromatic carbocycles. The van der Waals surface area contributed by atoms with E-state index in [0.29, 0.717) is 5.75 Å². The summed E-state index contributed by atoms with van der Waals surface area (Å²) in [6.07, 6.45) is 0. The highest BCUT2D eigenvalue weighted by atomic mass is 32.2. The van der Waals surface area contributed by atoms with Gasteiger partial charge in [-0.2, -0.15) is 11.8 Å². The van der Waals surface area contributed by atoms with Gasteiger partial charge in [-0.3, -0.25) is 0 Å². The van der Waals surface area contributed by atoms with Crippen LogP contribution in [0.5, 0.6) is 0 Å². The molecule has 0 aliphatic rings. The smallest absolute Gasteiger partial charge is 0.128 e. The summed E-state index contributed by atoms with van der Waals surface area (Å²) in [5.74, 6) is 0.673. The molecule has 1 atom stereocenters. The zero-order chi connectivity index (χ0) is 14.3. The molecule has 19 heavy (non-hydrogen) atoms. The van der Waals surface area contributed by atoms with Gasteiger partial charge in [0, 0.05) is 29.7 Å². The zero-order valence-electron chi connectivity index (χ0n) is 11.5. The van der Waals surface area contributed by atoms with Gasteiger partial charge in [0.15, 0.2) is 0 Å². The maximum atomic E-state index is 13.5. The molecule has 1 rings (SSSR count). The molecule has 0 radical (unpaired) electrons. The molecular formula is C14H22F2N2S. The van der Waals surface area contributed by atoms with Crippen molar-refractivity contribution in [1.82, 2.24) is 4.90 Å². The Morgan fingerprint density at radius 1 is 1.26 bits per heavy atom. The molecular weight excluding hydrogens is 266 g/mol. The Bertz CT molecular complexity index is 384. The molecule has 1 aromatic rings. The van der Waals surface area contributed by atoms with Crippen molar-refractivity contribution in [3.05, 3.63) is 35.4 Å². The largest absolute Gasteiger partial charge is 0.323 e. The van der Waals surface area contributed by atoms with Crippen molar-refractivity contribution >= 4 is 11.8 Å². The molecule has 2 nitrogen and oxygen atoms in total. The summed E-state index contributed by atoms with van der Waals surface area (Å²) in [6, 6.07) is 2.96. The quantitative estimate of drug-likeness (QED) is 0.746. The van der Waals surface area contributed by atoms with Gasteiger partial charge < -0.3 is 10.6 Å². The Labute approximate surface area is 118 Å². The van der Waals surface area contributed by atoms with Gasteiger partial charge in [-0.15, -0.1) is 0 Å². The van der Waals surface area contributed by atoms with Crippen molar-refractivity contribution in [2.45, 2.75) is 19.9 Å². The number of nitrogens with zero attached hydrogens (tertiary/aromatic N) is 1. The van der Waals surface area contributed by atoms with Crippen LogP contribution in [-0.2, 0) is 0 Å². The van der Waals surface area contributed by atoms with E-state index in [4.69, 9.17) is 5.73 Å². The van der Waals surface area contributed by atoms with Crippen LogP contribution in [0, 0.1) is 11.6 Å². The number of benzene rings is 1. The van der Waals surface area contributed by atoms with Crippen molar-refractivity contribution < 1.29 is 8.78 Å². The molecule has 0 aliphatic carbocycles. The molecule has 0 aliphatic heterocycles. The average molecular weight is 288 g/mol. The number of hydrogen-bond acceptors (Lipinski definition) is 3. The minimum Gasteiger partial charge on any atom is -0.323 e.